The Morgan fingerprint density at radius 1 is 1.50 bits per heavy atom. The van der Waals surface area contributed by atoms with E-state index < -0.39 is 0 Å². The Kier molecular flexibility index (Phi) is 4.58. The molecule has 0 bridgehead atoms. The summed E-state index contributed by atoms with van der Waals surface area (Å²) in [5.74, 6) is 0.684. The molecule has 0 aliphatic carbocycles. The van der Waals surface area contributed by atoms with Gasteiger partial charge in [-0.05, 0) is 25.5 Å². The number of hydrogen-bond donors (Lipinski definition) is 1. The Morgan fingerprint density at radius 2 is 2.25 bits per heavy atom. The number of anilines is 1. The first-order chi connectivity index (χ1) is 7.74. The molecule has 0 atom stereocenters. The summed E-state index contributed by atoms with van der Waals surface area (Å²) >= 11 is 0. The van der Waals surface area contributed by atoms with E-state index in [1.54, 1.807) is 7.11 Å². The number of nitrogen functional groups attached to an aromatic ring is 1. The molecular weight excluding hydrogens is 200 g/mol. The van der Waals surface area contributed by atoms with Crippen LogP contribution in [0, 0.1) is 0 Å². The number of benzene rings is 1. The van der Waals surface area contributed by atoms with E-state index in [1.807, 2.05) is 44.3 Å². The fourth-order valence-corrected chi connectivity index (χ4v) is 1.47. The molecule has 0 aliphatic rings. The Hall–Kier alpha value is -1.77. The first kappa shape index (κ1) is 12.3. The second-order valence-corrected chi connectivity index (χ2v) is 3.32. The second-order valence-electron chi connectivity index (χ2n) is 3.32. The molecule has 1 rings (SSSR count). The van der Waals surface area contributed by atoms with Gasteiger partial charge in [0.05, 0.1) is 18.5 Å². The molecule has 1 aromatic carbocycles. The van der Waals surface area contributed by atoms with Gasteiger partial charge in [-0.3, -0.25) is 4.99 Å². The van der Waals surface area contributed by atoms with Crippen LogP contribution in [0.1, 0.15) is 25.8 Å². The number of para-hydroxylation sites is 1. The van der Waals surface area contributed by atoms with Gasteiger partial charge in [0.2, 0.25) is 0 Å². The lowest BCUT2D eigenvalue weighted by atomic mass is 10.1. The Labute approximate surface area is 96.6 Å². The van der Waals surface area contributed by atoms with Gasteiger partial charge in [0.25, 0.3) is 0 Å². The lowest BCUT2D eigenvalue weighted by Gasteiger charge is -2.10. The van der Waals surface area contributed by atoms with Crippen LogP contribution in [0.15, 0.2) is 29.3 Å². The van der Waals surface area contributed by atoms with Crippen molar-refractivity contribution in [1.29, 1.82) is 0 Å². The number of rotatable bonds is 4. The minimum Gasteiger partial charge on any atom is -0.494 e. The number of aliphatic imine (C=N–C) groups is 1. The first-order valence-corrected chi connectivity index (χ1v) is 5.36. The molecular formula is C13H18N2O. The lowest BCUT2D eigenvalue weighted by Crippen LogP contribution is -1.96. The predicted octanol–water partition coefficient (Wildman–Crippen LogP) is 3.12. The summed E-state index contributed by atoms with van der Waals surface area (Å²) < 4.78 is 5.30. The third kappa shape index (κ3) is 2.63. The van der Waals surface area contributed by atoms with E-state index in [-0.39, 0.29) is 0 Å². The van der Waals surface area contributed by atoms with Crippen LogP contribution < -0.4 is 10.5 Å². The summed E-state index contributed by atoms with van der Waals surface area (Å²) in [5.41, 5.74) is 8.29. The fraction of sp³-hybridized carbons (Fsp3) is 0.308. The van der Waals surface area contributed by atoms with Crippen molar-refractivity contribution >= 4 is 17.6 Å². The van der Waals surface area contributed by atoms with Gasteiger partial charge in [0.15, 0.2) is 5.75 Å². The van der Waals surface area contributed by atoms with Crippen molar-refractivity contribution < 1.29 is 4.74 Å². The predicted molar refractivity (Wildman–Crippen MR) is 69.8 cm³/mol. The molecule has 0 saturated carbocycles. The molecule has 1 aromatic rings. The molecule has 0 amide bonds. The van der Waals surface area contributed by atoms with E-state index in [4.69, 9.17) is 10.5 Å². The fourth-order valence-electron chi connectivity index (χ4n) is 1.47. The van der Waals surface area contributed by atoms with Crippen LogP contribution >= 0.6 is 0 Å². The van der Waals surface area contributed by atoms with Crippen molar-refractivity contribution in [2.24, 2.45) is 4.99 Å². The first-order valence-electron chi connectivity index (χ1n) is 5.36. The summed E-state index contributed by atoms with van der Waals surface area (Å²) in [6.07, 6.45) is 4.73. The third-order valence-electron chi connectivity index (χ3n) is 2.21. The van der Waals surface area contributed by atoms with E-state index in [2.05, 4.69) is 4.99 Å². The zero-order valence-electron chi connectivity index (χ0n) is 10.0. The average molecular weight is 218 g/mol. The number of ether oxygens (including phenoxy) is 1. The highest BCUT2D eigenvalue weighted by Gasteiger charge is 2.09. The summed E-state index contributed by atoms with van der Waals surface area (Å²) in [5, 5.41) is 0. The van der Waals surface area contributed by atoms with Crippen LogP contribution in [-0.4, -0.2) is 13.3 Å². The quantitative estimate of drug-likeness (QED) is 0.623. The Morgan fingerprint density at radius 3 is 2.81 bits per heavy atom. The van der Waals surface area contributed by atoms with Gasteiger partial charge in [0, 0.05) is 11.8 Å². The molecule has 0 aliphatic heterocycles. The van der Waals surface area contributed by atoms with Crippen LogP contribution in [0.5, 0.6) is 5.75 Å². The molecule has 0 fully saturated rings. The van der Waals surface area contributed by atoms with Crippen molar-refractivity contribution in [2.45, 2.75) is 20.3 Å². The molecule has 16 heavy (non-hydrogen) atoms. The van der Waals surface area contributed by atoms with Crippen LogP contribution in [-0.2, 0) is 0 Å². The summed E-state index contributed by atoms with van der Waals surface area (Å²) in [7, 11) is 1.62. The summed E-state index contributed by atoms with van der Waals surface area (Å²) in [6.45, 7) is 4.00. The van der Waals surface area contributed by atoms with Gasteiger partial charge >= 0.3 is 0 Å². The average Bonchev–Trinajstić information content (AvgIpc) is 2.30. The molecule has 0 aromatic heterocycles. The van der Waals surface area contributed by atoms with Crippen LogP contribution in [0.2, 0.25) is 0 Å². The molecule has 3 heteroatoms. The van der Waals surface area contributed by atoms with Crippen LogP contribution in [0.4, 0.5) is 5.69 Å². The van der Waals surface area contributed by atoms with E-state index in [1.165, 1.54) is 0 Å². The van der Waals surface area contributed by atoms with Gasteiger partial charge < -0.3 is 10.5 Å². The number of methoxy groups -OCH3 is 1. The number of hydrogen-bond acceptors (Lipinski definition) is 3. The van der Waals surface area contributed by atoms with Gasteiger partial charge in [-0.15, -0.1) is 0 Å². The maximum absolute atomic E-state index is 5.85. The monoisotopic (exact) mass is 218 g/mol. The number of allylic oxidation sites excluding steroid dienone is 1. The largest absolute Gasteiger partial charge is 0.494 e. The SMILES string of the molecule is C/C=C(\N=CCC)c1cccc(N)c1OC. The summed E-state index contributed by atoms with van der Waals surface area (Å²) in [4.78, 5) is 4.38. The molecule has 0 unspecified atom stereocenters. The van der Waals surface area contributed by atoms with Gasteiger partial charge in [-0.2, -0.15) is 0 Å². The summed E-state index contributed by atoms with van der Waals surface area (Å²) in [6, 6.07) is 5.68. The van der Waals surface area contributed by atoms with E-state index in [0.717, 1.165) is 17.7 Å². The van der Waals surface area contributed by atoms with Crippen molar-refractivity contribution in [1.82, 2.24) is 0 Å². The molecule has 0 radical (unpaired) electrons. The highest BCUT2D eigenvalue weighted by molar-refractivity contribution is 5.79. The maximum atomic E-state index is 5.85. The van der Waals surface area contributed by atoms with Crippen molar-refractivity contribution in [2.75, 3.05) is 12.8 Å². The maximum Gasteiger partial charge on any atom is 0.151 e. The minimum absolute atomic E-state index is 0.631. The third-order valence-corrected chi connectivity index (χ3v) is 2.21. The van der Waals surface area contributed by atoms with E-state index in [9.17, 15) is 0 Å². The van der Waals surface area contributed by atoms with Crippen molar-refractivity contribution in [3.05, 3.63) is 29.8 Å². The zero-order chi connectivity index (χ0) is 12.0. The molecule has 0 spiro atoms. The van der Waals surface area contributed by atoms with E-state index >= 15 is 0 Å². The molecule has 2 N–H and O–H groups in total. The van der Waals surface area contributed by atoms with Crippen LogP contribution in [0.3, 0.4) is 0 Å². The number of nitrogens with two attached hydrogens (primary N) is 1. The lowest BCUT2D eigenvalue weighted by molar-refractivity contribution is 0.415. The molecule has 0 heterocycles. The van der Waals surface area contributed by atoms with Crippen LogP contribution in [0.25, 0.3) is 5.70 Å². The Balaban J connectivity index is 3.20. The topological polar surface area (TPSA) is 47.6 Å². The smallest absolute Gasteiger partial charge is 0.151 e. The highest BCUT2D eigenvalue weighted by Crippen LogP contribution is 2.31. The minimum atomic E-state index is 0.631. The highest BCUT2D eigenvalue weighted by atomic mass is 16.5. The van der Waals surface area contributed by atoms with Crippen molar-refractivity contribution in [3.8, 4) is 5.75 Å². The molecule has 86 valence electrons. The van der Waals surface area contributed by atoms with E-state index in [0.29, 0.717) is 11.4 Å². The normalized spacial score (nSPS) is 12.1. The Bertz CT molecular complexity index is 408. The number of nitrogens with zero attached hydrogens (tertiary/aromatic N) is 1. The second kappa shape index (κ2) is 5.95. The standard InChI is InChI=1S/C13H18N2O/c1-4-9-15-12(5-2)10-7-6-8-11(14)13(10)16-3/h5-9H,4,14H2,1-3H3/b12-5-,15-9?. The molecule has 0 saturated heterocycles. The van der Waals surface area contributed by atoms with Gasteiger partial charge in [0.1, 0.15) is 0 Å². The van der Waals surface area contributed by atoms with Crippen molar-refractivity contribution in [3.63, 3.8) is 0 Å². The van der Waals surface area contributed by atoms with Gasteiger partial charge in [-0.1, -0.05) is 19.1 Å². The zero-order valence-corrected chi connectivity index (χ0v) is 10.0. The van der Waals surface area contributed by atoms with Gasteiger partial charge in [-0.25, -0.2) is 0 Å². The molecule has 3 nitrogen and oxygen atoms in total.